The van der Waals surface area contributed by atoms with Gasteiger partial charge < -0.3 is 20.1 Å². The number of ether oxygens (including phenoxy) is 1. The van der Waals surface area contributed by atoms with Crippen LogP contribution in [-0.4, -0.2) is 57.7 Å². The van der Waals surface area contributed by atoms with E-state index in [4.69, 9.17) is 9.84 Å². The van der Waals surface area contributed by atoms with E-state index in [1.165, 1.54) is 10.5 Å². The lowest BCUT2D eigenvalue weighted by molar-refractivity contribution is 0.00866. The molecule has 1 aromatic heterocycles. The zero-order chi connectivity index (χ0) is 23.8. The van der Waals surface area contributed by atoms with Crippen LogP contribution < -0.4 is 4.74 Å². The minimum atomic E-state index is -0.418. The minimum Gasteiger partial charge on any atom is -0.473 e. The smallest absolute Gasteiger partial charge is 0.236 e. The third-order valence-corrected chi connectivity index (χ3v) is 5.59. The normalized spacial score (nSPS) is 19.4. The van der Waals surface area contributed by atoms with E-state index in [1.807, 2.05) is 6.92 Å². The predicted octanol–water partition coefficient (Wildman–Crippen LogP) is 3.04. The van der Waals surface area contributed by atoms with Gasteiger partial charge in [0.2, 0.25) is 5.88 Å². The lowest BCUT2D eigenvalue weighted by Gasteiger charge is -2.31. The number of rotatable bonds is 6. The Hall–Kier alpha value is -2.42. The maximum absolute atomic E-state index is 10.00. The van der Waals surface area contributed by atoms with Crippen molar-refractivity contribution in [2.24, 2.45) is 5.92 Å². The van der Waals surface area contributed by atoms with Crippen LogP contribution in [0.4, 0.5) is 0 Å². The summed E-state index contributed by atoms with van der Waals surface area (Å²) in [6.07, 6.45) is 20.3. The van der Waals surface area contributed by atoms with Crippen LogP contribution in [0.1, 0.15) is 36.1 Å². The molecule has 0 aliphatic heterocycles. The molecule has 31 heavy (non-hydrogen) atoms. The van der Waals surface area contributed by atoms with Crippen molar-refractivity contribution in [2.45, 2.75) is 49.7 Å². The zero-order valence-corrected chi connectivity index (χ0v) is 19.3. The Morgan fingerprint density at radius 2 is 1.71 bits per heavy atom. The van der Waals surface area contributed by atoms with Crippen LogP contribution in [0.25, 0.3) is 0 Å². The highest BCUT2D eigenvalue weighted by atomic mass is 32.2. The van der Waals surface area contributed by atoms with Crippen molar-refractivity contribution in [1.82, 2.24) is 10.2 Å². The summed E-state index contributed by atoms with van der Waals surface area (Å²) in [6.45, 7) is 2.09. The Labute approximate surface area is 190 Å². The number of benzene rings is 1. The van der Waals surface area contributed by atoms with E-state index in [9.17, 15) is 10.2 Å². The summed E-state index contributed by atoms with van der Waals surface area (Å²) in [5, 5.41) is 33.7. The molecular weight excluding hydrogens is 412 g/mol. The number of nitrogens with zero attached hydrogens (tertiary/aromatic N) is 1. The Morgan fingerprint density at radius 3 is 2.26 bits per heavy atom. The summed E-state index contributed by atoms with van der Waals surface area (Å²) in [5.41, 5.74) is 3.26. The van der Waals surface area contributed by atoms with E-state index < -0.39 is 6.10 Å². The van der Waals surface area contributed by atoms with Gasteiger partial charge in [0.05, 0.1) is 6.10 Å². The Kier molecular flexibility index (Phi) is 15.0. The van der Waals surface area contributed by atoms with Crippen molar-refractivity contribution in [3.05, 3.63) is 41.1 Å². The number of nitrogens with one attached hydrogen (secondary N) is 1. The number of hydrogen-bond acceptors (Lipinski definition) is 6. The number of thioether (sulfide) groups is 1. The first-order chi connectivity index (χ1) is 15.1. The van der Waals surface area contributed by atoms with Gasteiger partial charge >= 0.3 is 0 Å². The molecule has 0 unspecified atom stereocenters. The van der Waals surface area contributed by atoms with Crippen molar-refractivity contribution >= 4 is 11.8 Å². The number of aryl methyl sites for hydroxylation is 1. The number of aliphatic hydroxyl groups is 3. The molecule has 6 nitrogen and oxygen atoms in total. The summed E-state index contributed by atoms with van der Waals surface area (Å²) in [7, 11) is 1.00. The van der Waals surface area contributed by atoms with Gasteiger partial charge in [0.15, 0.2) is 0 Å². The Bertz CT molecular complexity index is 765. The Morgan fingerprint density at radius 1 is 1.10 bits per heavy atom. The standard InChI is InChI=1S/C19H26N2O3S.2C2H2.CH4O/c1-12-18(9-13-3-5-17(25-2)6-4-13)19(21-20-12)24-16-8-14(11-22)7-15(23)10-16;3*1-2/h3-6,14-16,22-23H,7-11H2,1-2H3,(H,20,21);2*1-2H;2H,1H3/t14-,15+,16-;;;/m1.../s1. The van der Waals surface area contributed by atoms with Crippen LogP contribution in [0.5, 0.6) is 5.88 Å². The predicted molar refractivity (Wildman–Crippen MR) is 127 cm³/mol. The molecule has 0 amide bonds. The van der Waals surface area contributed by atoms with Gasteiger partial charge in [-0.1, -0.05) is 12.1 Å². The summed E-state index contributed by atoms with van der Waals surface area (Å²) in [6, 6.07) is 8.51. The van der Waals surface area contributed by atoms with Gasteiger partial charge in [-0.15, -0.1) is 42.6 Å². The van der Waals surface area contributed by atoms with Crippen molar-refractivity contribution in [1.29, 1.82) is 0 Å². The average Bonchev–Trinajstić information content (AvgIpc) is 3.16. The van der Waals surface area contributed by atoms with Gasteiger partial charge in [0.25, 0.3) is 0 Å². The molecule has 1 aliphatic rings. The third kappa shape index (κ3) is 9.08. The second-order valence-corrected chi connectivity index (χ2v) is 7.69. The third-order valence-electron chi connectivity index (χ3n) is 4.85. The number of H-pyrrole nitrogens is 1. The number of aromatic nitrogens is 2. The first-order valence-electron chi connectivity index (χ1n) is 9.82. The molecule has 3 rings (SSSR count). The number of hydrogen-bond donors (Lipinski definition) is 4. The molecule has 3 atom stereocenters. The molecule has 0 spiro atoms. The molecule has 1 saturated carbocycles. The van der Waals surface area contributed by atoms with Gasteiger partial charge in [-0.25, -0.2) is 0 Å². The number of aliphatic hydroxyl groups excluding tert-OH is 3. The fourth-order valence-corrected chi connectivity index (χ4v) is 3.84. The quantitative estimate of drug-likeness (QED) is 0.402. The molecule has 1 fully saturated rings. The lowest BCUT2D eigenvalue weighted by atomic mass is 9.86. The van der Waals surface area contributed by atoms with E-state index >= 15 is 0 Å². The number of terminal acetylenes is 2. The van der Waals surface area contributed by atoms with Crippen molar-refractivity contribution in [2.75, 3.05) is 20.0 Å². The number of aromatic amines is 1. The molecule has 0 saturated heterocycles. The van der Waals surface area contributed by atoms with Crippen LogP contribution in [-0.2, 0) is 6.42 Å². The minimum absolute atomic E-state index is 0.0885. The van der Waals surface area contributed by atoms with Gasteiger partial charge in [-0.3, -0.25) is 5.10 Å². The van der Waals surface area contributed by atoms with Crippen molar-refractivity contribution in [3.63, 3.8) is 0 Å². The van der Waals surface area contributed by atoms with Gasteiger partial charge in [-0.2, -0.15) is 0 Å². The van der Waals surface area contributed by atoms with E-state index in [-0.39, 0.29) is 18.6 Å². The largest absolute Gasteiger partial charge is 0.473 e. The molecule has 7 heteroatoms. The lowest BCUT2D eigenvalue weighted by Crippen LogP contribution is -2.35. The van der Waals surface area contributed by atoms with E-state index in [0.717, 1.165) is 31.2 Å². The average molecular weight is 447 g/mol. The maximum atomic E-state index is 10.00. The molecule has 0 radical (unpaired) electrons. The highest BCUT2D eigenvalue weighted by molar-refractivity contribution is 7.98. The molecule has 0 bridgehead atoms. The van der Waals surface area contributed by atoms with Crippen LogP contribution >= 0.6 is 11.8 Å². The SMILES string of the molecule is C#C.C#C.CO.CSc1ccc(Cc2c(O[C@H]3C[C@@H](O)C[C@@H](CO)C3)n[nH]c2C)cc1. The van der Waals surface area contributed by atoms with Crippen LogP contribution in [0.3, 0.4) is 0 Å². The van der Waals surface area contributed by atoms with Gasteiger partial charge in [0.1, 0.15) is 6.10 Å². The van der Waals surface area contributed by atoms with Gasteiger partial charge in [0, 0.05) is 42.7 Å². The summed E-state index contributed by atoms with van der Waals surface area (Å²) in [5.74, 6) is 0.707. The van der Waals surface area contributed by atoms with Crippen molar-refractivity contribution < 1.29 is 20.1 Å². The second-order valence-electron chi connectivity index (χ2n) is 6.81. The fraction of sp³-hybridized carbons (Fsp3) is 0.458. The Balaban J connectivity index is 0.00000138. The molecule has 1 heterocycles. The molecule has 170 valence electrons. The van der Waals surface area contributed by atoms with Crippen LogP contribution in [0, 0.1) is 38.5 Å². The van der Waals surface area contributed by atoms with E-state index in [0.29, 0.717) is 18.7 Å². The summed E-state index contributed by atoms with van der Waals surface area (Å²) in [4.78, 5) is 1.25. The monoisotopic (exact) mass is 446 g/mol. The van der Waals surface area contributed by atoms with Gasteiger partial charge in [-0.05, 0) is 49.6 Å². The highest BCUT2D eigenvalue weighted by Gasteiger charge is 2.29. The molecule has 1 aromatic carbocycles. The molecule has 2 aromatic rings. The molecular formula is C24H34N2O4S. The van der Waals surface area contributed by atoms with E-state index in [2.05, 4.69) is 66.4 Å². The van der Waals surface area contributed by atoms with Crippen LogP contribution in [0.2, 0.25) is 0 Å². The first kappa shape index (κ1) is 28.6. The second kappa shape index (κ2) is 16.3. The van der Waals surface area contributed by atoms with Crippen molar-refractivity contribution in [3.8, 4) is 31.6 Å². The maximum Gasteiger partial charge on any atom is 0.236 e. The van der Waals surface area contributed by atoms with E-state index in [1.54, 1.807) is 11.8 Å². The molecule has 1 aliphatic carbocycles. The summed E-state index contributed by atoms with van der Waals surface area (Å²) >= 11 is 1.73. The first-order valence-corrected chi connectivity index (χ1v) is 11.0. The highest BCUT2D eigenvalue weighted by Crippen LogP contribution is 2.30. The fourth-order valence-electron chi connectivity index (χ4n) is 3.44. The topological polar surface area (TPSA) is 98.6 Å². The zero-order valence-electron chi connectivity index (χ0n) is 18.5. The molecule has 4 N–H and O–H groups in total. The summed E-state index contributed by atoms with van der Waals surface area (Å²) < 4.78 is 6.11. The van der Waals surface area contributed by atoms with Crippen LogP contribution in [0.15, 0.2) is 29.2 Å².